The van der Waals surface area contributed by atoms with Gasteiger partial charge in [-0.05, 0) is 24.6 Å². The molecule has 2 aliphatic rings. The van der Waals surface area contributed by atoms with E-state index in [2.05, 4.69) is 5.32 Å². The fraction of sp³-hybridized carbons (Fsp3) is 0.333. The van der Waals surface area contributed by atoms with Gasteiger partial charge in [0.1, 0.15) is 0 Å². The van der Waals surface area contributed by atoms with E-state index in [1.807, 2.05) is 0 Å². The average Bonchev–Trinajstić information content (AvgIpc) is 3.44. The molecule has 1 saturated heterocycles. The number of imide groups is 1. The molecule has 0 bridgehead atoms. The van der Waals surface area contributed by atoms with Gasteiger partial charge in [-0.1, -0.05) is 0 Å². The van der Waals surface area contributed by atoms with Crippen molar-refractivity contribution in [1.29, 1.82) is 0 Å². The zero-order valence-corrected chi connectivity index (χ0v) is 17.6. The lowest BCUT2D eigenvalue weighted by Crippen LogP contribution is -2.53. The molecule has 0 radical (unpaired) electrons. The summed E-state index contributed by atoms with van der Waals surface area (Å²) in [5.41, 5.74) is -0.105. The summed E-state index contributed by atoms with van der Waals surface area (Å²) in [6.45, 7) is 1.82. The van der Waals surface area contributed by atoms with Crippen LogP contribution in [0.15, 0.2) is 41.0 Å². The van der Waals surface area contributed by atoms with Crippen molar-refractivity contribution < 1.29 is 28.5 Å². The van der Waals surface area contributed by atoms with Crippen molar-refractivity contribution in [3.8, 4) is 0 Å². The van der Waals surface area contributed by atoms with Gasteiger partial charge in [-0.2, -0.15) is 0 Å². The summed E-state index contributed by atoms with van der Waals surface area (Å²) >= 11 is 0. The van der Waals surface area contributed by atoms with E-state index in [-0.39, 0.29) is 47.6 Å². The molecule has 2 aliphatic heterocycles. The molecule has 0 unspecified atom stereocenters. The van der Waals surface area contributed by atoms with Gasteiger partial charge in [-0.3, -0.25) is 29.4 Å². The normalized spacial score (nSPS) is 15.6. The number of urea groups is 1. The molecular formula is C21H21N5O7. The first-order chi connectivity index (χ1) is 15.9. The second-order valence-electron chi connectivity index (χ2n) is 7.59. The fourth-order valence-electron chi connectivity index (χ4n) is 3.81. The van der Waals surface area contributed by atoms with E-state index in [0.29, 0.717) is 32.6 Å². The summed E-state index contributed by atoms with van der Waals surface area (Å²) in [5, 5.41) is 13.7. The second-order valence-corrected chi connectivity index (χ2v) is 7.59. The summed E-state index contributed by atoms with van der Waals surface area (Å²) in [7, 11) is 0. The van der Waals surface area contributed by atoms with Crippen LogP contribution >= 0.6 is 0 Å². The van der Waals surface area contributed by atoms with Crippen LogP contribution in [0.2, 0.25) is 0 Å². The maximum atomic E-state index is 12.5. The minimum absolute atomic E-state index is 0.0141. The number of hydrogen-bond acceptors (Lipinski definition) is 7. The third-order valence-electron chi connectivity index (χ3n) is 5.59. The number of nitrogens with one attached hydrogen (secondary N) is 1. The van der Waals surface area contributed by atoms with E-state index in [4.69, 9.17) is 4.42 Å². The van der Waals surface area contributed by atoms with Gasteiger partial charge in [0.15, 0.2) is 5.76 Å². The smallest absolute Gasteiger partial charge is 0.317 e. The molecule has 0 atom stereocenters. The van der Waals surface area contributed by atoms with Gasteiger partial charge in [0.2, 0.25) is 0 Å². The van der Waals surface area contributed by atoms with Crippen LogP contribution in [0.3, 0.4) is 0 Å². The molecule has 0 saturated carbocycles. The molecule has 1 N–H and O–H groups in total. The first kappa shape index (κ1) is 22.0. The van der Waals surface area contributed by atoms with Gasteiger partial charge >= 0.3 is 6.03 Å². The van der Waals surface area contributed by atoms with Gasteiger partial charge in [0.25, 0.3) is 23.4 Å². The number of benzene rings is 1. The number of piperazine rings is 1. The number of nitrogens with zero attached hydrogens (tertiary/aromatic N) is 4. The summed E-state index contributed by atoms with van der Waals surface area (Å²) in [6, 6.07) is 6.52. The second kappa shape index (κ2) is 9.10. The summed E-state index contributed by atoms with van der Waals surface area (Å²) in [6.07, 6.45) is 1.76. The Morgan fingerprint density at radius 2 is 1.73 bits per heavy atom. The van der Waals surface area contributed by atoms with Crippen molar-refractivity contribution in [2.75, 3.05) is 39.3 Å². The Labute approximate surface area is 187 Å². The topological polar surface area (TPSA) is 146 Å². The molecule has 1 fully saturated rings. The highest BCUT2D eigenvalue weighted by Gasteiger charge is 2.36. The number of rotatable bonds is 6. The zero-order valence-electron chi connectivity index (χ0n) is 17.6. The van der Waals surface area contributed by atoms with E-state index in [9.17, 15) is 29.3 Å². The summed E-state index contributed by atoms with van der Waals surface area (Å²) < 4.78 is 5.12. The Kier molecular flexibility index (Phi) is 6.07. The molecule has 3 heterocycles. The number of fused-ring (bicyclic) bond motifs is 1. The minimum atomic E-state index is -0.622. The maximum absolute atomic E-state index is 12.5. The molecule has 1 aromatic carbocycles. The highest BCUT2D eigenvalue weighted by molar-refractivity contribution is 6.21. The lowest BCUT2D eigenvalue weighted by molar-refractivity contribution is -0.384. The van der Waals surface area contributed by atoms with Crippen LogP contribution in [-0.2, 0) is 0 Å². The van der Waals surface area contributed by atoms with Crippen LogP contribution in [0.1, 0.15) is 37.7 Å². The number of furan rings is 1. The van der Waals surface area contributed by atoms with Crippen molar-refractivity contribution in [3.63, 3.8) is 0 Å². The number of carbonyl (C=O) groups excluding carboxylic acids is 4. The molecule has 33 heavy (non-hydrogen) atoms. The lowest BCUT2D eigenvalue weighted by Gasteiger charge is -2.34. The molecular weight excluding hydrogens is 434 g/mol. The van der Waals surface area contributed by atoms with E-state index in [0.717, 1.165) is 11.0 Å². The molecule has 12 nitrogen and oxygen atoms in total. The standard InChI is InChI=1S/C21H21N5O7/c27-18-15-5-4-14(26(31)32)13-16(15)19(28)25(18)7-2-6-22-21(30)24-10-8-23(9-11-24)20(29)17-3-1-12-33-17/h1,3-5,12-13H,2,6-11H2,(H,22,30). The first-order valence-corrected chi connectivity index (χ1v) is 10.4. The lowest BCUT2D eigenvalue weighted by atomic mass is 10.1. The van der Waals surface area contributed by atoms with Gasteiger partial charge in [-0.25, -0.2) is 4.79 Å². The zero-order chi connectivity index (χ0) is 23.5. The van der Waals surface area contributed by atoms with Gasteiger partial charge in [0, 0.05) is 51.4 Å². The molecule has 12 heteroatoms. The number of amides is 5. The number of hydrogen-bond donors (Lipinski definition) is 1. The molecule has 2 aromatic rings. The van der Waals surface area contributed by atoms with E-state index in [1.165, 1.54) is 18.4 Å². The van der Waals surface area contributed by atoms with Crippen LogP contribution < -0.4 is 5.32 Å². The van der Waals surface area contributed by atoms with Crippen LogP contribution in [0, 0.1) is 10.1 Å². The Bertz CT molecular complexity index is 1110. The van der Waals surface area contributed by atoms with Crippen LogP contribution in [0.5, 0.6) is 0 Å². The van der Waals surface area contributed by atoms with E-state index >= 15 is 0 Å². The molecule has 5 amide bonds. The number of carbonyl (C=O) groups is 4. The molecule has 1 aromatic heterocycles. The van der Waals surface area contributed by atoms with Gasteiger partial charge < -0.3 is 19.5 Å². The highest BCUT2D eigenvalue weighted by Crippen LogP contribution is 2.26. The van der Waals surface area contributed by atoms with Crippen LogP contribution in [0.25, 0.3) is 0 Å². The number of non-ortho nitro benzene ring substituents is 1. The monoisotopic (exact) mass is 455 g/mol. The van der Waals surface area contributed by atoms with E-state index in [1.54, 1.807) is 21.9 Å². The quantitative estimate of drug-likeness (QED) is 0.299. The number of nitro groups is 1. The predicted molar refractivity (Wildman–Crippen MR) is 113 cm³/mol. The Morgan fingerprint density at radius 1 is 1.03 bits per heavy atom. The highest BCUT2D eigenvalue weighted by atomic mass is 16.6. The van der Waals surface area contributed by atoms with Crippen LogP contribution in [-0.4, -0.2) is 82.6 Å². The van der Waals surface area contributed by atoms with Crippen LogP contribution in [0.4, 0.5) is 10.5 Å². The predicted octanol–water partition coefficient (Wildman–Crippen LogP) is 1.34. The third-order valence-corrected chi connectivity index (χ3v) is 5.59. The van der Waals surface area contributed by atoms with E-state index < -0.39 is 16.7 Å². The van der Waals surface area contributed by atoms with Crippen molar-refractivity contribution in [2.45, 2.75) is 6.42 Å². The van der Waals surface area contributed by atoms with Crippen molar-refractivity contribution in [3.05, 3.63) is 63.6 Å². The molecule has 172 valence electrons. The maximum Gasteiger partial charge on any atom is 0.317 e. The average molecular weight is 455 g/mol. The Balaban J connectivity index is 1.21. The summed E-state index contributed by atoms with van der Waals surface area (Å²) in [4.78, 5) is 64.1. The fourth-order valence-corrected chi connectivity index (χ4v) is 3.81. The van der Waals surface area contributed by atoms with Crippen molar-refractivity contribution in [1.82, 2.24) is 20.0 Å². The minimum Gasteiger partial charge on any atom is -0.459 e. The summed E-state index contributed by atoms with van der Waals surface area (Å²) in [5.74, 6) is -1.04. The third kappa shape index (κ3) is 4.40. The molecule has 0 spiro atoms. The molecule has 4 rings (SSSR count). The largest absolute Gasteiger partial charge is 0.459 e. The van der Waals surface area contributed by atoms with Crippen molar-refractivity contribution in [2.24, 2.45) is 0 Å². The first-order valence-electron chi connectivity index (χ1n) is 10.4. The SMILES string of the molecule is O=C(NCCCN1C(=O)c2ccc([N+](=O)[O-])cc2C1=O)N1CCN(C(=O)c2ccco2)CC1. The molecule has 0 aliphatic carbocycles. The van der Waals surface area contributed by atoms with Gasteiger partial charge in [0.05, 0.1) is 22.3 Å². The van der Waals surface area contributed by atoms with Crippen molar-refractivity contribution >= 4 is 29.4 Å². The van der Waals surface area contributed by atoms with Gasteiger partial charge in [-0.15, -0.1) is 0 Å². The number of nitro benzene ring substituents is 1. The Morgan fingerprint density at radius 3 is 2.39 bits per heavy atom. The Hall–Kier alpha value is -4.22.